The lowest BCUT2D eigenvalue weighted by Gasteiger charge is -1.97. The van der Waals surface area contributed by atoms with Crippen LogP contribution in [0.3, 0.4) is 0 Å². The van der Waals surface area contributed by atoms with Crippen LogP contribution in [-0.4, -0.2) is 12.1 Å². The third-order valence-corrected chi connectivity index (χ3v) is 1.85. The maximum Gasteiger partial charge on any atom is 0.119 e. The van der Waals surface area contributed by atoms with Gasteiger partial charge >= 0.3 is 0 Å². The molecule has 4 heteroatoms. The molecule has 0 fully saturated rings. The maximum absolute atomic E-state index is 5.59. The molecule has 1 aromatic carbocycles. The summed E-state index contributed by atoms with van der Waals surface area (Å²) in [6, 6.07) is 7.68. The number of nitrogens with one attached hydrogen (secondary N) is 1. The summed E-state index contributed by atoms with van der Waals surface area (Å²) in [7, 11) is 1.65. The van der Waals surface area contributed by atoms with Crippen molar-refractivity contribution in [3.63, 3.8) is 0 Å². The van der Waals surface area contributed by atoms with E-state index in [-0.39, 0.29) is 12.4 Å². The molecule has 0 aliphatic carbocycles. The molecule has 0 radical (unpaired) electrons. The Morgan fingerprint density at radius 2 is 2.08 bits per heavy atom. The molecule has 0 unspecified atom stereocenters. The van der Waals surface area contributed by atoms with Crippen LogP contribution in [0.15, 0.2) is 24.3 Å². The summed E-state index contributed by atoms with van der Waals surface area (Å²) >= 11 is 0. The van der Waals surface area contributed by atoms with E-state index < -0.39 is 0 Å². The van der Waals surface area contributed by atoms with Crippen molar-refractivity contribution < 1.29 is 4.74 Å². The van der Waals surface area contributed by atoms with Crippen LogP contribution in [0.25, 0.3) is 10.9 Å². The van der Waals surface area contributed by atoms with Crippen molar-refractivity contribution in [1.29, 1.82) is 0 Å². The molecule has 0 saturated heterocycles. The molecule has 3 N–H and O–H groups in total. The minimum atomic E-state index is 0. The van der Waals surface area contributed by atoms with Gasteiger partial charge in [-0.05, 0) is 24.3 Å². The highest BCUT2D eigenvalue weighted by atomic mass is 35.5. The highest BCUT2D eigenvalue weighted by molar-refractivity contribution is 5.85. The number of hydrogen-bond donors (Lipinski definition) is 2. The number of methoxy groups -OCH3 is 1. The standard InChI is InChI=1S/C9H10N2O.ClH/c1-12-7-2-3-8-6(4-7)5-9(10)11-8;/h2-5,11H,10H2,1H3;1H. The molecular weight excluding hydrogens is 188 g/mol. The molecule has 0 saturated carbocycles. The minimum absolute atomic E-state index is 0. The van der Waals surface area contributed by atoms with E-state index in [1.54, 1.807) is 7.11 Å². The first-order chi connectivity index (χ1) is 5.79. The van der Waals surface area contributed by atoms with Crippen molar-refractivity contribution in [3.8, 4) is 5.75 Å². The van der Waals surface area contributed by atoms with Crippen molar-refractivity contribution >= 4 is 29.1 Å². The summed E-state index contributed by atoms with van der Waals surface area (Å²) in [5, 5.41) is 1.08. The lowest BCUT2D eigenvalue weighted by Crippen LogP contribution is -1.81. The Labute approximate surface area is 82.3 Å². The number of nitrogen functional groups attached to an aromatic ring is 1. The summed E-state index contributed by atoms with van der Waals surface area (Å²) in [5.74, 6) is 1.53. The van der Waals surface area contributed by atoms with Crippen LogP contribution in [0.4, 0.5) is 5.82 Å². The molecule has 1 heterocycles. The van der Waals surface area contributed by atoms with Crippen molar-refractivity contribution in [3.05, 3.63) is 24.3 Å². The van der Waals surface area contributed by atoms with Gasteiger partial charge in [0.1, 0.15) is 11.6 Å². The van der Waals surface area contributed by atoms with Crippen LogP contribution in [0.5, 0.6) is 5.75 Å². The summed E-state index contributed by atoms with van der Waals surface area (Å²) in [4.78, 5) is 3.03. The third kappa shape index (κ3) is 1.70. The fraction of sp³-hybridized carbons (Fsp3) is 0.111. The Hall–Kier alpha value is -1.35. The van der Waals surface area contributed by atoms with Crippen LogP contribution in [-0.2, 0) is 0 Å². The van der Waals surface area contributed by atoms with Crippen LogP contribution < -0.4 is 10.5 Å². The number of rotatable bonds is 1. The number of ether oxygens (including phenoxy) is 1. The average Bonchev–Trinajstić information content (AvgIpc) is 2.43. The molecule has 0 atom stereocenters. The Morgan fingerprint density at radius 3 is 2.77 bits per heavy atom. The molecule has 0 amide bonds. The number of nitrogens with two attached hydrogens (primary N) is 1. The number of aromatic nitrogens is 1. The number of hydrogen-bond acceptors (Lipinski definition) is 2. The average molecular weight is 199 g/mol. The predicted molar refractivity (Wildman–Crippen MR) is 56.5 cm³/mol. The number of fused-ring (bicyclic) bond motifs is 1. The number of benzene rings is 1. The Morgan fingerprint density at radius 1 is 1.31 bits per heavy atom. The van der Waals surface area contributed by atoms with Crippen LogP contribution in [0.2, 0.25) is 0 Å². The van der Waals surface area contributed by atoms with Crippen LogP contribution >= 0.6 is 12.4 Å². The Bertz CT molecular complexity index is 411. The van der Waals surface area contributed by atoms with E-state index in [0.29, 0.717) is 5.82 Å². The van der Waals surface area contributed by atoms with Crippen molar-refractivity contribution in [2.45, 2.75) is 0 Å². The molecule has 2 rings (SSSR count). The van der Waals surface area contributed by atoms with Gasteiger partial charge in [-0.1, -0.05) is 0 Å². The van der Waals surface area contributed by atoms with Gasteiger partial charge in [0.25, 0.3) is 0 Å². The van der Waals surface area contributed by atoms with Crippen molar-refractivity contribution in [1.82, 2.24) is 4.98 Å². The molecule has 0 spiro atoms. The summed E-state index contributed by atoms with van der Waals surface area (Å²) in [6.45, 7) is 0. The molecule has 1 aromatic heterocycles. The summed E-state index contributed by atoms with van der Waals surface area (Å²) < 4.78 is 5.08. The van der Waals surface area contributed by atoms with Gasteiger partial charge in [0.05, 0.1) is 7.11 Å². The smallest absolute Gasteiger partial charge is 0.119 e. The van der Waals surface area contributed by atoms with E-state index in [9.17, 15) is 0 Å². The first kappa shape index (κ1) is 9.74. The van der Waals surface area contributed by atoms with Gasteiger partial charge in [-0.2, -0.15) is 0 Å². The first-order valence-electron chi connectivity index (χ1n) is 3.72. The fourth-order valence-electron chi connectivity index (χ4n) is 1.26. The molecule has 2 aromatic rings. The van der Waals surface area contributed by atoms with E-state index in [2.05, 4.69) is 4.98 Å². The zero-order chi connectivity index (χ0) is 8.55. The minimum Gasteiger partial charge on any atom is -0.497 e. The molecule has 70 valence electrons. The van der Waals surface area contributed by atoms with Crippen molar-refractivity contribution in [2.24, 2.45) is 0 Å². The lowest BCUT2D eigenvalue weighted by molar-refractivity contribution is 0.415. The summed E-state index contributed by atoms with van der Waals surface area (Å²) in [5.41, 5.74) is 6.62. The first-order valence-corrected chi connectivity index (χ1v) is 3.72. The Balaban J connectivity index is 0.000000845. The SMILES string of the molecule is COc1ccc2[nH]c(N)cc2c1.Cl. The highest BCUT2D eigenvalue weighted by Crippen LogP contribution is 2.21. The van der Waals surface area contributed by atoms with E-state index >= 15 is 0 Å². The topological polar surface area (TPSA) is 51.0 Å². The second-order valence-electron chi connectivity index (χ2n) is 2.68. The van der Waals surface area contributed by atoms with Gasteiger partial charge in [-0.15, -0.1) is 12.4 Å². The van der Waals surface area contributed by atoms with E-state index in [1.807, 2.05) is 24.3 Å². The summed E-state index contributed by atoms with van der Waals surface area (Å²) in [6.07, 6.45) is 0. The van der Waals surface area contributed by atoms with Gasteiger partial charge in [0.2, 0.25) is 0 Å². The second kappa shape index (κ2) is 3.58. The molecular formula is C9H11ClN2O. The third-order valence-electron chi connectivity index (χ3n) is 1.85. The van der Waals surface area contributed by atoms with E-state index in [0.717, 1.165) is 16.7 Å². The van der Waals surface area contributed by atoms with Crippen molar-refractivity contribution in [2.75, 3.05) is 12.8 Å². The van der Waals surface area contributed by atoms with Crippen LogP contribution in [0, 0.1) is 0 Å². The quantitative estimate of drug-likeness (QED) is 0.738. The zero-order valence-electron chi connectivity index (χ0n) is 7.20. The number of H-pyrrole nitrogens is 1. The zero-order valence-corrected chi connectivity index (χ0v) is 8.02. The van der Waals surface area contributed by atoms with Gasteiger partial charge < -0.3 is 15.5 Å². The number of halogens is 1. The number of aromatic amines is 1. The van der Waals surface area contributed by atoms with Gasteiger partial charge in [0, 0.05) is 10.9 Å². The highest BCUT2D eigenvalue weighted by Gasteiger charge is 1.98. The van der Waals surface area contributed by atoms with Crippen LogP contribution in [0.1, 0.15) is 0 Å². The van der Waals surface area contributed by atoms with Gasteiger partial charge in [0.15, 0.2) is 0 Å². The molecule has 3 nitrogen and oxygen atoms in total. The maximum atomic E-state index is 5.59. The monoisotopic (exact) mass is 198 g/mol. The van der Waals surface area contributed by atoms with E-state index in [1.165, 1.54) is 0 Å². The second-order valence-corrected chi connectivity index (χ2v) is 2.68. The number of anilines is 1. The molecule has 0 aliphatic heterocycles. The predicted octanol–water partition coefficient (Wildman–Crippen LogP) is 2.18. The molecule has 13 heavy (non-hydrogen) atoms. The fourth-order valence-corrected chi connectivity index (χ4v) is 1.26. The Kier molecular flexibility index (Phi) is 2.68. The van der Waals surface area contributed by atoms with Gasteiger partial charge in [-0.25, -0.2) is 0 Å². The van der Waals surface area contributed by atoms with Gasteiger partial charge in [-0.3, -0.25) is 0 Å². The van der Waals surface area contributed by atoms with E-state index in [4.69, 9.17) is 10.5 Å². The molecule has 0 bridgehead atoms. The molecule has 0 aliphatic rings. The largest absolute Gasteiger partial charge is 0.497 e. The lowest BCUT2D eigenvalue weighted by atomic mass is 10.2. The normalized spacial score (nSPS) is 9.62.